The summed E-state index contributed by atoms with van der Waals surface area (Å²) < 4.78 is 1.07. The molecule has 0 fully saturated rings. The van der Waals surface area contributed by atoms with Gasteiger partial charge in [-0.3, -0.25) is 0 Å². The van der Waals surface area contributed by atoms with Crippen molar-refractivity contribution < 1.29 is 0 Å². The minimum absolute atomic E-state index is 1.01. The zero-order chi connectivity index (χ0) is 7.84. The number of halogens is 1. The van der Waals surface area contributed by atoms with E-state index < -0.39 is 0 Å². The van der Waals surface area contributed by atoms with Gasteiger partial charge < -0.3 is 0 Å². The van der Waals surface area contributed by atoms with E-state index >= 15 is 0 Å². The van der Waals surface area contributed by atoms with Gasteiger partial charge in [0, 0.05) is 0 Å². The SMILES string of the molecule is Cc1cc2ncsc2nc1I. The summed E-state index contributed by atoms with van der Waals surface area (Å²) in [6, 6.07) is 2.07. The molecular weight excluding hydrogens is 271 g/mol. The summed E-state index contributed by atoms with van der Waals surface area (Å²) in [5, 5.41) is 0. The highest BCUT2D eigenvalue weighted by atomic mass is 127. The van der Waals surface area contributed by atoms with Crippen molar-refractivity contribution in [2.45, 2.75) is 6.92 Å². The molecule has 0 N–H and O–H groups in total. The van der Waals surface area contributed by atoms with Gasteiger partial charge in [-0.25, -0.2) is 9.97 Å². The molecule has 2 aromatic rings. The molecule has 0 aromatic carbocycles. The highest BCUT2D eigenvalue weighted by Crippen LogP contribution is 2.19. The standard InChI is InChI=1S/C7H5IN2S/c1-4-2-5-7(10-6(4)8)11-3-9-5/h2-3H,1H3. The Balaban J connectivity index is 2.86. The third-order valence-corrected chi connectivity index (χ3v) is 3.28. The summed E-state index contributed by atoms with van der Waals surface area (Å²) in [5.74, 6) is 0. The Morgan fingerprint density at radius 2 is 2.36 bits per heavy atom. The monoisotopic (exact) mass is 276 g/mol. The van der Waals surface area contributed by atoms with Gasteiger partial charge in [-0.05, 0) is 41.1 Å². The van der Waals surface area contributed by atoms with Crippen LogP contribution in [-0.2, 0) is 0 Å². The topological polar surface area (TPSA) is 25.8 Å². The summed E-state index contributed by atoms with van der Waals surface area (Å²) in [7, 11) is 0. The van der Waals surface area contributed by atoms with E-state index in [1.54, 1.807) is 11.3 Å². The van der Waals surface area contributed by atoms with Crippen LogP contribution in [0.15, 0.2) is 11.6 Å². The maximum Gasteiger partial charge on any atom is 0.144 e. The lowest BCUT2D eigenvalue weighted by Gasteiger charge is -1.94. The molecule has 2 rings (SSSR count). The lowest BCUT2D eigenvalue weighted by atomic mass is 10.3. The molecular formula is C7H5IN2S. The smallest absolute Gasteiger partial charge is 0.144 e. The van der Waals surface area contributed by atoms with Gasteiger partial charge in [0.2, 0.25) is 0 Å². The quantitative estimate of drug-likeness (QED) is 0.546. The largest absolute Gasteiger partial charge is 0.243 e. The van der Waals surface area contributed by atoms with Crippen LogP contribution in [0.2, 0.25) is 0 Å². The van der Waals surface area contributed by atoms with Crippen LogP contribution in [0.3, 0.4) is 0 Å². The van der Waals surface area contributed by atoms with Crippen molar-refractivity contribution in [1.82, 2.24) is 9.97 Å². The third-order valence-electron chi connectivity index (χ3n) is 1.45. The summed E-state index contributed by atoms with van der Waals surface area (Å²) in [6.07, 6.45) is 0. The second-order valence-corrected chi connectivity index (χ2v) is 4.13. The number of rotatable bonds is 0. The third kappa shape index (κ3) is 1.24. The van der Waals surface area contributed by atoms with E-state index in [-0.39, 0.29) is 0 Å². The first-order valence-electron chi connectivity index (χ1n) is 3.14. The molecule has 0 aliphatic heterocycles. The van der Waals surface area contributed by atoms with Gasteiger partial charge in [-0.15, -0.1) is 11.3 Å². The first kappa shape index (κ1) is 7.42. The molecule has 0 saturated heterocycles. The lowest BCUT2D eigenvalue weighted by Crippen LogP contribution is -1.84. The van der Waals surface area contributed by atoms with E-state index in [4.69, 9.17) is 0 Å². The number of thiazole rings is 1. The van der Waals surface area contributed by atoms with Crippen molar-refractivity contribution in [3.05, 3.63) is 20.8 Å². The Morgan fingerprint density at radius 3 is 3.18 bits per heavy atom. The number of aryl methyl sites for hydroxylation is 1. The molecule has 4 heteroatoms. The van der Waals surface area contributed by atoms with Crippen LogP contribution in [0, 0.1) is 10.6 Å². The van der Waals surface area contributed by atoms with Crippen LogP contribution in [0.4, 0.5) is 0 Å². The highest BCUT2D eigenvalue weighted by Gasteiger charge is 2.01. The van der Waals surface area contributed by atoms with Crippen LogP contribution >= 0.6 is 33.9 Å². The van der Waals surface area contributed by atoms with Crippen LogP contribution in [0.25, 0.3) is 10.3 Å². The van der Waals surface area contributed by atoms with E-state index in [2.05, 4.69) is 38.6 Å². The van der Waals surface area contributed by atoms with Crippen molar-refractivity contribution in [2.24, 2.45) is 0 Å². The fourth-order valence-corrected chi connectivity index (χ4v) is 2.08. The molecule has 2 aromatic heterocycles. The molecule has 0 aliphatic rings. The summed E-state index contributed by atoms with van der Waals surface area (Å²) in [6.45, 7) is 2.05. The van der Waals surface area contributed by atoms with Gasteiger partial charge in [0.05, 0.1) is 5.51 Å². The van der Waals surface area contributed by atoms with E-state index in [0.29, 0.717) is 0 Å². The molecule has 2 nitrogen and oxygen atoms in total. The van der Waals surface area contributed by atoms with E-state index in [9.17, 15) is 0 Å². The average molecular weight is 276 g/mol. The van der Waals surface area contributed by atoms with Crippen molar-refractivity contribution in [2.75, 3.05) is 0 Å². The molecule has 0 radical (unpaired) electrons. The average Bonchev–Trinajstić information content (AvgIpc) is 2.36. The van der Waals surface area contributed by atoms with Crippen molar-refractivity contribution >= 4 is 44.3 Å². The van der Waals surface area contributed by atoms with Crippen LogP contribution in [0.1, 0.15) is 5.56 Å². The molecule has 0 saturated carbocycles. The number of aromatic nitrogens is 2. The predicted octanol–water partition coefficient (Wildman–Crippen LogP) is 2.60. The van der Waals surface area contributed by atoms with Gasteiger partial charge >= 0.3 is 0 Å². The number of fused-ring (bicyclic) bond motifs is 1. The molecule has 0 aliphatic carbocycles. The lowest BCUT2D eigenvalue weighted by molar-refractivity contribution is 1.27. The Morgan fingerprint density at radius 1 is 1.55 bits per heavy atom. The zero-order valence-electron chi connectivity index (χ0n) is 5.84. The summed E-state index contributed by atoms with van der Waals surface area (Å²) in [4.78, 5) is 9.58. The highest BCUT2D eigenvalue weighted by molar-refractivity contribution is 14.1. The molecule has 0 unspecified atom stereocenters. The Bertz CT molecular complexity index is 360. The van der Waals surface area contributed by atoms with E-state index in [0.717, 1.165) is 14.0 Å². The van der Waals surface area contributed by atoms with Crippen molar-refractivity contribution in [3.63, 3.8) is 0 Å². The van der Waals surface area contributed by atoms with Gasteiger partial charge in [-0.2, -0.15) is 0 Å². The van der Waals surface area contributed by atoms with Crippen molar-refractivity contribution in [1.29, 1.82) is 0 Å². The number of nitrogens with zero attached hydrogens (tertiary/aromatic N) is 2. The van der Waals surface area contributed by atoms with Gasteiger partial charge in [0.15, 0.2) is 0 Å². The molecule has 0 spiro atoms. The Hall–Kier alpha value is -0.230. The van der Waals surface area contributed by atoms with Gasteiger partial charge in [0.25, 0.3) is 0 Å². The number of hydrogen-bond acceptors (Lipinski definition) is 3. The Labute approximate surface area is 81.8 Å². The number of pyridine rings is 1. The first-order chi connectivity index (χ1) is 5.27. The number of hydrogen-bond donors (Lipinski definition) is 0. The van der Waals surface area contributed by atoms with Gasteiger partial charge in [0.1, 0.15) is 14.0 Å². The van der Waals surface area contributed by atoms with Crippen LogP contribution in [-0.4, -0.2) is 9.97 Å². The van der Waals surface area contributed by atoms with Crippen molar-refractivity contribution in [3.8, 4) is 0 Å². The maximum absolute atomic E-state index is 4.38. The van der Waals surface area contributed by atoms with E-state index in [1.807, 2.05) is 12.4 Å². The normalized spacial score (nSPS) is 10.7. The zero-order valence-corrected chi connectivity index (χ0v) is 8.81. The second kappa shape index (κ2) is 2.67. The molecule has 56 valence electrons. The first-order valence-corrected chi connectivity index (χ1v) is 5.09. The van der Waals surface area contributed by atoms with E-state index in [1.165, 1.54) is 5.56 Å². The van der Waals surface area contributed by atoms with Crippen LogP contribution in [0.5, 0.6) is 0 Å². The fourth-order valence-electron chi connectivity index (χ4n) is 0.873. The molecule has 0 bridgehead atoms. The second-order valence-electron chi connectivity index (χ2n) is 2.27. The maximum atomic E-state index is 4.38. The summed E-state index contributed by atoms with van der Waals surface area (Å²) in [5.41, 5.74) is 4.03. The molecule has 11 heavy (non-hydrogen) atoms. The van der Waals surface area contributed by atoms with Crippen LogP contribution < -0.4 is 0 Å². The fraction of sp³-hybridized carbons (Fsp3) is 0.143. The minimum Gasteiger partial charge on any atom is -0.243 e. The molecule has 0 amide bonds. The molecule has 0 atom stereocenters. The Kier molecular flexibility index (Phi) is 1.80. The predicted molar refractivity (Wildman–Crippen MR) is 54.9 cm³/mol. The molecule has 2 heterocycles. The summed E-state index contributed by atoms with van der Waals surface area (Å²) >= 11 is 3.82. The minimum atomic E-state index is 1.01. The van der Waals surface area contributed by atoms with Gasteiger partial charge in [-0.1, -0.05) is 0 Å².